The van der Waals surface area contributed by atoms with Crippen LogP contribution in [-0.2, 0) is 17.9 Å². The predicted molar refractivity (Wildman–Crippen MR) is 114 cm³/mol. The van der Waals surface area contributed by atoms with Gasteiger partial charge in [-0.25, -0.2) is 4.98 Å². The summed E-state index contributed by atoms with van der Waals surface area (Å²) in [6, 6.07) is 6.15. The predicted octanol–water partition coefficient (Wildman–Crippen LogP) is 3.65. The second-order valence-corrected chi connectivity index (χ2v) is 9.35. The van der Waals surface area contributed by atoms with Gasteiger partial charge in [-0.05, 0) is 51.3 Å². The largest absolute Gasteiger partial charge is 0.332 e. The summed E-state index contributed by atoms with van der Waals surface area (Å²) in [4.78, 5) is 27.6. The Morgan fingerprint density at radius 3 is 2.93 bits per heavy atom. The number of nitrogens with zero attached hydrogens (tertiary/aromatic N) is 5. The molecule has 0 unspecified atom stereocenters. The molecule has 5 heterocycles. The number of likely N-dealkylation sites (tertiary alicyclic amines) is 2. The molecule has 1 spiro atoms. The van der Waals surface area contributed by atoms with Crippen molar-refractivity contribution >= 4 is 22.9 Å². The van der Waals surface area contributed by atoms with E-state index in [9.17, 15) is 4.79 Å². The fraction of sp³-hybridized carbons (Fsp3) is 0.500. The van der Waals surface area contributed by atoms with Crippen LogP contribution < -0.4 is 0 Å². The minimum atomic E-state index is 0.0176. The molecule has 3 aromatic heterocycles. The SMILES string of the molecule is Cc1c(CN2CCC[C@@]3(CCC(=O)N3Cc3cncs3)CC2)nc2ccccn12. The van der Waals surface area contributed by atoms with Crippen molar-refractivity contribution in [3.63, 3.8) is 0 Å². The average molecular weight is 410 g/mol. The lowest BCUT2D eigenvalue weighted by molar-refractivity contribution is -0.132. The number of carbonyl (C=O) groups is 1. The number of imidazole rings is 1. The molecule has 29 heavy (non-hydrogen) atoms. The molecule has 2 saturated heterocycles. The molecule has 0 aromatic carbocycles. The van der Waals surface area contributed by atoms with Crippen LogP contribution in [0.1, 0.15) is 48.4 Å². The standard InChI is InChI=1S/C22H27N5OS/c1-17-19(24-20-5-2-3-11-26(17)20)15-25-10-4-7-22(9-12-25)8-6-21(28)27(22)14-18-13-23-16-29-18/h2-3,5,11,13,16H,4,6-10,12,14-15H2,1H3/t22-/m1/s1. The molecule has 2 aliphatic rings. The van der Waals surface area contributed by atoms with E-state index in [1.165, 1.54) is 10.6 Å². The van der Waals surface area contributed by atoms with Gasteiger partial charge in [0.05, 0.1) is 17.7 Å². The van der Waals surface area contributed by atoms with Crippen molar-refractivity contribution in [2.24, 2.45) is 0 Å². The maximum absolute atomic E-state index is 12.7. The number of thiazole rings is 1. The molecular formula is C22H27N5OS. The van der Waals surface area contributed by atoms with E-state index in [-0.39, 0.29) is 5.54 Å². The maximum atomic E-state index is 12.7. The van der Waals surface area contributed by atoms with Crippen molar-refractivity contribution in [1.82, 2.24) is 24.2 Å². The fourth-order valence-electron chi connectivity index (χ4n) is 5.05. The summed E-state index contributed by atoms with van der Waals surface area (Å²) < 4.78 is 2.17. The average Bonchev–Trinajstić information content (AvgIpc) is 3.38. The second kappa shape index (κ2) is 7.54. The summed E-state index contributed by atoms with van der Waals surface area (Å²) in [6.45, 7) is 5.83. The monoisotopic (exact) mass is 409 g/mol. The number of rotatable bonds is 4. The molecule has 152 valence electrons. The molecule has 2 aliphatic heterocycles. The third-order valence-corrected chi connectivity index (χ3v) is 7.49. The second-order valence-electron chi connectivity index (χ2n) is 8.37. The van der Waals surface area contributed by atoms with Crippen LogP contribution in [0.15, 0.2) is 36.1 Å². The third-order valence-electron chi connectivity index (χ3n) is 6.73. The van der Waals surface area contributed by atoms with E-state index >= 15 is 0 Å². The van der Waals surface area contributed by atoms with E-state index in [1.54, 1.807) is 11.3 Å². The minimum absolute atomic E-state index is 0.0176. The molecule has 2 fully saturated rings. The Morgan fingerprint density at radius 2 is 2.10 bits per heavy atom. The van der Waals surface area contributed by atoms with E-state index < -0.39 is 0 Å². The lowest BCUT2D eigenvalue weighted by Gasteiger charge is -2.38. The molecule has 0 radical (unpaired) electrons. The van der Waals surface area contributed by atoms with Gasteiger partial charge in [-0.2, -0.15) is 0 Å². The Kier molecular flexibility index (Phi) is 4.87. The lowest BCUT2D eigenvalue weighted by Crippen LogP contribution is -2.45. The number of aromatic nitrogens is 3. The van der Waals surface area contributed by atoms with Crippen LogP contribution in [0.25, 0.3) is 5.65 Å². The smallest absolute Gasteiger partial charge is 0.223 e. The minimum Gasteiger partial charge on any atom is -0.332 e. The molecule has 1 amide bonds. The van der Waals surface area contributed by atoms with E-state index in [4.69, 9.17) is 4.98 Å². The van der Waals surface area contributed by atoms with E-state index in [2.05, 4.69) is 44.4 Å². The van der Waals surface area contributed by atoms with E-state index in [0.29, 0.717) is 12.3 Å². The zero-order valence-electron chi connectivity index (χ0n) is 16.9. The number of amides is 1. The van der Waals surface area contributed by atoms with Crippen LogP contribution in [0.2, 0.25) is 0 Å². The van der Waals surface area contributed by atoms with Crippen molar-refractivity contribution in [1.29, 1.82) is 0 Å². The summed E-state index contributed by atoms with van der Waals surface area (Å²) in [7, 11) is 0. The molecule has 0 bridgehead atoms. The van der Waals surface area contributed by atoms with Gasteiger partial charge < -0.3 is 9.30 Å². The molecule has 0 N–H and O–H groups in total. The number of hydrogen-bond acceptors (Lipinski definition) is 5. The Bertz CT molecular complexity index is 1010. The van der Waals surface area contributed by atoms with Gasteiger partial charge in [0.1, 0.15) is 5.65 Å². The molecule has 1 atom stereocenters. The number of pyridine rings is 1. The first-order chi connectivity index (χ1) is 14.1. The van der Waals surface area contributed by atoms with Gasteiger partial charge in [-0.3, -0.25) is 14.7 Å². The highest BCUT2D eigenvalue weighted by Gasteiger charge is 2.45. The molecule has 3 aromatic rings. The van der Waals surface area contributed by atoms with Crippen molar-refractivity contribution in [2.75, 3.05) is 13.1 Å². The van der Waals surface area contributed by atoms with Crippen LogP contribution in [-0.4, -0.2) is 48.7 Å². The van der Waals surface area contributed by atoms with Crippen molar-refractivity contribution in [3.05, 3.63) is 52.4 Å². The maximum Gasteiger partial charge on any atom is 0.223 e. The van der Waals surface area contributed by atoms with Crippen LogP contribution >= 0.6 is 11.3 Å². The van der Waals surface area contributed by atoms with Gasteiger partial charge in [0.15, 0.2) is 0 Å². The first-order valence-corrected chi connectivity index (χ1v) is 11.4. The Labute approximate surface area is 175 Å². The van der Waals surface area contributed by atoms with Crippen molar-refractivity contribution in [2.45, 2.75) is 57.7 Å². The van der Waals surface area contributed by atoms with Crippen molar-refractivity contribution < 1.29 is 4.79 Å². The highest BCUT2D eigenvalue weighted by molar-refractivity contribution is 7.09. The van der Waals surface area contributed by atoms with Gasteiger partial charge in [-0.15, -0.1) is 11.3 Å². The number of hydrogen-bond donors (Lipinski definition) is 0. The zero-order chi connectivity index (χ0) is 19.8. The highest BCUT2D eigenvalue weighted by atomic mass is 32.1. The Balaban J connectivity index is 1.31. The van der Waals surface area contributed by atoms with E-state index in [0.717, 1.165) is 63.2 Å². The highest BCUT2D eigenvalue weighted by Crippen LogP contribution is 2.40. The van der Waals surface area contributed by atoms with Gasteiger partial charge in [0.25, 0.3) is 0 Å². The summed E-state index contributed by atoms with van der Waals surface area (Å²) in [6.07, 6.45) is 8.93. The molecule has 5 rings (SSSR count). The normalized spacial score (nSPS) is 23.3. The fourth-order valence-corrected chi connectivity index (χ4v) is 5.63. The van der Waals surface area contributed by atoms with Gasteiger partial charge >= 0.3 is 0 Å². The molecule has 6 nitrogen and oxygen atoms in total. The van der Waals surface area contributed by atoms with E-state index in [1.807, 2.05) is 17.8 Å². The number of aryl methyl sites for hydroxylation is 1. The third kappa shape index (κ3) is 3.46. The zero-order valence-corrected chi connectivity index (χ0v) is 17.7. The summed E-state index contributed by atoms with van der Waals surface area (Å²) in [5.74, 6) is 0.308. The number of carbonyl (C=O) groups excluding carboxylic acids is 1. The van der Waals surface area contributed by atoms with Crippen LogP contribution in [0, 0.1) is 6.92 Å². The van der Waals surface area contributed by atoms with Gasteiger partial charge in [0.2, 0.25) is 5.91 Å². The number of fused-ring (bicyclic) bond motifs is 1. The summed E-state index contributed by atoms with van der Waals surface area (Å²) in [5, 5.41) is 0. The summed E-state index contributed by atoms with van der Waals surface area (Å²) >= 11 is 1.64. The lowest BCUT2D eigenvalue weighted by atomic mass is 9.87. The molecule has 0 saturated carbocycles. The van der Waals surface area contributed by atoms with Crippen molar-refractivity contribution in [3.8, 4) is 0 Å². The molecule has 7 heteroatoms. The van der Waals surface area contributed by atoms with Crippen LogP contribution in [0.4, 0.5) is 0 Å². The van der Waals surface area contributed by atoms with Gasteiger partial charge in [0, 0.05) is 48.0 Å². The topological polar surface area (TPSA) is 53.7 Å². The van der Waals surface area contributed by atoms with Crippen LogP contribution in [0.3, 0.4) is 0 Å². The Morgan fingerprint density at radius 1 is 1.17 bits per heavy atom. The Hall–Kier alpha value is -2.25. The first-order valence-electron chi connectivity index (χ1n) is 10.5. The van der Waals surface area contributed by atoms with Crippen LogP contribution in [0.5, 0.6) is 0 Å². The summed E-state index contributed by atoms with van der Waals surface area (Å²) in [5.41, 5.74) is 5.28. The molecule has 0 aliphatic carbocycles. The first kappa shape index (κ1) is 18.8. The molecular weight excluding hydrogens is 382 g/mol. The van der Waals surface area contributed by atoms with Gasteiger partial charge in [-0.1, -0.05) is 6.07 Å². The quantitative estimate of drug-likeness (QED) is 0.660.